The van der Waals surface area contributed by atoms with Gasteiger partial charge in [0.15, 0.2) is 12.2 Å². The second-order valence-electron chi connectivity index (χ2n) is 4.01. The van der Waals surface area contributed by atoms with E-state index in [-0.39, 0.29) is 26.1 Å². The zero-order valence-electron chi connectivity index (χ0n) is 12.6. The van der Waals surface area contributed by atoms with Gasteiger partial charge in [-0.2, -0.15) is 0 Å². The van der Waals surface area contributed by atoms with Crippen LogP contribution in [0, 0.1) is 0 Å². The first-order chi connectivity index (χ1) is 11.0. The highest BCUT2D eigenvalue weighted by molar-refractivity contribution is 5.83. The molecular weight excluding hydrogens is 336 g/mol. The van der Waals surface area contributed by atoms with Crippen molar-refractivity contribution in [3.05, 3.63) is 0 Å². The van der Waals surface area contributed by atoms with Crippen molar-refractivity contribution in [2.45, 2.75) is 37.9 Å². The van der Waals surface area contributed by atoms with Gasteiger partial charge in [0.25, 0.3) is 0 Å². The largest absolute Gasteiger partial charge is 0.481 e. The molecule has 0 bridgehead atoms. The lowest BCUT2D eigenvalue weighted by atomic mass is 10.2. The Morgan fingerprint density at radius 2 is 0.875 bits per heavy atom. The third kappa shape index (κ3) is 22.0. The van der Waals surface area contributed by atoms with Crippen molar-refractivity contribution in [1.29, 1.82) is 0 Å². The van der Waals surface area contributed by atoms with Crippen LogP contribution in [0.4, 0.5) is 0 Å². The van der Waals surface area contributed by atoms with Crippen molar-refractivity contribution in [3.63, 3.8) is 0 Å². The van der Waals surface area contributed by atoms with E-state index in [0.29, 0.717) is 0 Å². The van der Waals surface area contributed by atoms with Crippen LogP contribution in [0.15, 0.2) is 0 Å². The molecule has 0 aromatic carbocycles. The first-order valence-electron chi connectivity index (χ1n) is 6.48. The molecule has 0 fully saturated rings. The number of carboxylic acid groups (broad SMARTS) is 4. The Hall–Kier alpha value is -2.28. The quantitative estimate of drug-likeness (QED) is 0.201. The highest BCUT2D eigenvalue weighted by atomic mass is 16.4. The Morgan fingerprint density at radius 3 is 1.00 bits per heavy atom. The fraction of sp³-hybridized carbons (Fsp3) is 0.667. The molecule has 0 spiro atoms. The summed E-state index contributed by atoms with van der Waals surface area (Å²) in [5.41, 5.74) is 0. The van der Waals surface area contributed by atoms with Crippen molar-refractivity contribution >= 4 is 23.9 Å². The molecule has 24 heavy (non-hydrogen) atoms. The molecule has 2 atom stereocenters. The van der Waals surface area contributed by atoms with Crippen molar-refractivity contribution in [2.24, 2.45) is 0 Å². The van der Waals surface area contributed by atoms with Crippen LogP contribution in [-0.2, 0) is 19.2 Å². The van der Waals surface area contributed by atoms with E-state index < -0.39 is 36.1 Å². The number of aliphatic carboxylic acids is 4. The van der Waals surface area contributed by atoms with E-state index in [9.17, 15) is 19.2 Å². The highest BCUT2D eigenvalue weighted by Gasteiger charge is 2.29. The molecule has 0 heterocycles. The lowest BCUT2D eigenvalue weighted by Crippen LogP contribution is -2.39. The fourth-order valence-electron chi connectivity index (χ4n) is 0.708. The molecule has 0 saturated carbocycles. The van der Waals surface area contributed by atoms with E-state index in [0.717, 1.165) is 12.8 Å². The number of carbonyl (C=O) groups is 4. The van der Waals surface area contributed by atoms with Gasteiger partial charge in [-0.05, 0) is 12.8 Å². The van der Waals surface area contributed by atoms with Crippen LogP contribution in [0.3, 0.4) is 0 Å². The summed E-state index contributed by atoms with van der Waals surface area (Å²) in [6, 6.07) is 0. The fourth-order valence-corrected chi connectivity index (χ4v) is 0.708. The lowest BCUT2D eigenvalue weighted by molar-refractivity contribution is -0.165. The van der Waals surface area contributed by atoms with Gasteiger partial charge < -0.3 is 40.9 Å². The molecule has 0 saturated heterocycles. The van der Waals surface area contributed by atoms with Gasteiger partial charge >= 0.3 is 23.9 Å². The smallest absolute Gasteiger partial charge is 0.335 e. The zero-order chi connectivity index (χ0) is 19.7. The molecule has 12 nitrogen and oxygen atoms in total. The molecule has 2 unspecified atom stereocenters. The van der Waals surface area contributed by atoms with Crippen LogP contribution in [0.2, 0.25) is 0 Å². The molecule has 0 aliphatic carbocycles. The van der Waals surface area contributed by atoms with E-state index in [4.69, 9.17) is 40.9 Å². The molecule has 0 radical (unpaired) electrons. The summed E-state index contributed by atoms with van der Waals surface area (Å²) in [6.07, 6.45) is -3.69. The maximum atomic E-state index is 9.77. The maximum Gasteiger partial charge on any atom is 0.335 e. The summed E-state index contributed by atoms with van der Waals surface area (Å²) < 4.78 is 0. The summed E-state index contributed by atoms with van der Waals surface area (Å²) in [5.74, 6) is -5.69. The summed E-state index contributed by atoms with van der Waals surface area (Å²) >= 11 is 0. The SMILES string of the molecule is O=C(O)C(O)C(O)C(=O)O.O=C(O)CCC(=O)O.OCCCCO. The van der Waals surface area contributed by atoms with Crippen LogP contribution in [0.5, 0.6) is 0 Å². The minimum Gasteiger partial charge on any atom is -0.481 e. The second-order valence-corrected chi connectivity index (χ2v) is 4.01. The average Bonchev–Trinajstić information content (AvgIpc) is 2.50. The molecule has 0 aromatic rings. The second kappa shape index (κ2) is 17.1. The van der Waals surface area contributed by atoms with Gasteiger partial charge in [-0.3, -0.25) is 9.59 Å². The molecule has 0 aliphatic rings. The molecular formula is C12H22O12. The van der Waals surface area contributed by atoms with Crippen LogP contribution >= 0.6 is 0 Å². The third-order valence-electron chi connectivity index (χ3n) is 1.92. The van der Waals surface area contributed by atoms with Gasteiger partial charge in [0.2, 0.25) is 0 Å². The first kappa shape index (κ1) is 26.6. The van der Waals surface area contributed by atoms with Gasteiger partial charge in [0.1, 0.15) is 0 Å². The van der Waals surface area contributed by atoms with Crippen LogP contribution in [0.25, 0.3) is 0 Å². The van der Waals surface area contributed by atoms with E-state index in [1.807, 2.05) is 0 Å². The predicted octanol–water partition coefficient (Wildman–Crippen LogP) is -2.44. The molecule has 12 heteroatoms. The number of unbranched alkanes of at least 4 members (excludes halogenated alkanes) is 1. The number of hydrogen-bond donors (Lipinski definition) is 8. The van der Waals surface area contributed by atoms with Gasteiger partial charge in [-0.25, -0.2) is 9.59 Å². The Labute approximate surface area is 136 Å². The lowest BCUT2D eigenvalue weighted by Gasteiger charge is -2.07. The topological polar surface area (TPSA) is 230 Å². The Kier molecular flexibility index (Phi) is 18.9. The molecule has 0 aliphatic heterocycles. The summed E-state index contributed by atoms with van der Waals surface area (Å²) in [4.78, 5) is 38.8. The van der Waals surface area contributed by atoms with Crippen molar-refractivity contribution < 1.29 is 60.0 Å². The van der Waals surface area contributed by atoms with Crippen LogP contribution in [0.1, 0.15) is 25.7 Å². The van der Waals surface area contributed by atoms with Crippen molar-refractivity contribution in [3.8, 4) is 0 Å². The molecule has 142 valence electrons. The van der Waals surface area contributed by atoms with E-state index >= 15 is 0 Å². The summed E-state index contributed by atoms with van der Waals surface area (Å²) in [6.45, 7) is 0.390. The Balaban J connectivity index is -0.000000285. The maximum absolute atomic E-state index is 9.77. The van der Waals surface area contributed by atoms with Gasteiger partial charge in [-0.1, -0.05) is 0 Å². The number of aliphatic hydroxyl groups excluding tert-OH is 4. The summed E-state index contributed by atoms with van der Waals surface area (Å²) in [7, 11) is 0. The molecule has 0 aromatic heterocycles. The summed E-state index contributed by atoms with van der Waals surface area (Å²) in [5, 5.41) is 64.5. The van der Waals surface area contributed by atoms with E-state index in [2.05, 4.69) is 0 Å². The number of carboxylic acids is 4. The standard InChI is InChI=1S/C4H6O6.C4H6O4.C4H10O2/c5-1(3(7)8)2(6)4(9)10;5-3(6)1-2-4(7)8;5-3-1-2-4-6/h1-2,5-6H,(H,7,8)(H,9,10);1-2H2,(H,5,6)(H,7,8);5-6H,1-4H2. The minimum absolute atomic E-state index is 0.195. The van der Waals surface area contributed by atoms with Crippen molar-refractivity contribution in [2.75, 3.05) is 13.2 Å². The molecule has 0 amide bonds. The molecule has 0 rings (SSSR count). The number of rotatable bonds is 9. The Morgan fingerprint density at radius 1 is 0.625 bits per heavy atom. The van der Waals surface area contributed by atoms with E-state index in [1.54, 1.807) is 0 Å². The third-order valence-corrected chi connectivity index (χ3v) is 1.92. The monoisotopic (exact) mass is 358 g/mol. The normalized spacial score (nSPS) is 11.7. The van der Waals surface area contributed by atoms with Gasteiger partial charge in [0.05, 0.1) is 12.8 Å². The first-order valence-corrected chi connectivity index (χ1v) is 6.48. The Bertz CT molecular complexity index is 344. The molecule has 8 N–H and O–H groups in total. The van der Waals surface area contributed by atoms with Gasteiger partial charge in [0, 0.05) is 13.2 Å². The zero-order valence-corrected chi connectivity index (χ0v) is 12.6. The highest BCUT2D eigenvalue weighted by Crippen LogP contribution is 1.92. The minimum atomic E-state index is -2.27. The van der Waals surface area contributed by atoms with E-state index in [1.165, 1.54) is 0 Å². The average molecular weight is 358 g/mol. The van der Waals surface area contributed by atoms with Gasteiger partial charge in [-0.15, -0.1) is 0 Å². The number of aliphatic hydroxyl groups is 4. The predicted molar refractivity (Wildman–Crippen MR) is 75.2 cm³/mol. The van der Waals surface area contributed by atoms with Crippen LogP contribution < -0.4 is 0 Å². The number of hydrogen-bond acceptors (Lipinski definition) is 8. The van der Waals surface area contributed by atoms with Crippen molar-refractivity contribution in [1.82, 2.24) is 0 Å². The van der Waals surface area contributed by atoms with Crippen LogP contribution in [-0.4, -0.2) is 90.2 Å².